The standard InChI is InChI=1S/C21H19FN6OS/c22-15-2-3-16-17(11-23-18(16)9-15)13-5-7-28(8-6-13)19-4-1-14(10-24-19)20(29)26-21-27-25-12-30-21/h1-4,9-13,23H,5-8H2,(H,26,27,29). The van der Waals surface area contributed by atoms with Crippen molar-refractivity contribution in [1.82, 2.24) is 20.2 Å². The number of carbonyl (C=O) groups is 1. The number of nitrogens with one attached hydrogen (secondary N) is 2. The summed E-state index contributed by atoms with van der Waals surface area (Å²) in [6.45, 7) is 1.75. The van der Waals surface area contributed by atoms with Gasteiger partial charge in [-0.15, -0.1) is 10.2 Å². The van der Waals surface area contributed by atoms with Crippen molar-refractivity contribution >= 4 is 39.1 Å². The normalized spacial score (nSPS) is 14.9. The van der Waals surface area contributed by atoms with Gasteiger partial charge in [0, 0.05) is 36.4 Å². The van der Waals surface area contributed by atoms with Crippen molar-refractivity contribution in [3.63, 3.8) is 0 Å². The van der Waals surface area contributed by atoms with Gasteiger partial charge in [-0.05, 0) is 54.7 Å². The van der Waals surface area contributed by atoms with Crippen LogP contribution >= 0.6 is 11.3 Å². The number of benzene rings is 1. The van der Waals surface area contributed by atoms with Crippen LogP contribution in [0.4, 0.5) is 15.3 Å². The maximum absolute atomic E-state index is 13.4. The average Bonchev–Trinajstić information content (AvgIpc) is 3.43. The van der Waals surface area contributed by atoms with Crippen LogP contribution in [0.5, 0.6) is 0 Å². The molecule has 3 aromatic heterocycles. The summed E-state index contributed by atoms with van der Waals surface area (Å²) < 4.78 is 13.4. The van der Waals surface area contributed by atoms with E-state index in [0.717, 1.165) is 42.7 Å². The number of nitrogens with zero attached hydrogens (tertiary/aromatic N) is 4. The Morgan fingerprint density at radius 2 is 2.10 bits per heavy atom. The monoisotopic (exact) mass is 422 g/mol. The molecule has 30 heavy (non-hydrogen) atoms. The number of rotatable bonds is 4. The second kappa shape index (κ2) is 7.83. The van der Waals surface area contributed by atoms with Gasteiger partial charge in [-0.3, -0.25) is 10.1 Å². The summed E-state index contributed by atoms with van der Waals surface area (Å²) in [6.07, 6.45) is 5.58. The number of aromatic amines is 1. The van der Waals surface area contributed by atoms with Crippen LogP contribution in [0.25, 0.3) is 10.9 Å². The van der Waals surface area contributed by atoms with Gasteiger partial charge in [-0.1, -0.05) is 11.3 Å². The fraction of sp³-hybridized carbons (Fsp3) is 0.238. The minimum atomic E-state index is -0.250. The number of aromatic nitrogens is 4. The van der Waals surface area contributed by atoms with Crippen molar-refractivity contribution in [2.75, 3.05) is 23.3 Å². The van der Waals surface area contributed by atoms with Crippen molar-refractivity contribution in [2.24, 2.45) is 0 Å². The van der Waals surface area contributed by atoms with Gasteiger partial charge < -0.3 is 9.88 Å². The summed E-state index contributed by atoms with van der Waals surface area (Å²) in [5, 5.41) is 11.8. The first-order valence-electron chi connectivity index (χ1n) is 9.72. The van der Waals surface area contributed by atoms with Crippen LogP contribution < -0.4 is 10.2 Å². The molecule has 1 aliphatic rings. The number of pyridine rings is 1. The molecule has 2 N–H and O–H groups in total. The lowest BCUT2D eigenvalue weighted by molar-refractivity contribution is 0.102. The quantitative estimate of drug-likeness (QED) is 0.515. The molecule has 4 heterocycles. The van der Waals surface area contributed by atoms with Crippen molar-refractivity contribution in [3.8, 4) is 0 Å². The molecular weight excluding hydrogens is 403 g/mol. The molecule has 1 amide bonds. The molecule has 0 bridgehead atoms. The molecule has 0 atom stereocenters. The van der Waals surface area contributed by atoms with Crippen molar-refractivity contribution in [3.05, 3.63) is 65.2 Å². The molecule has 0 radical (unpaired) electrons. The van der Waals surface area contributed by atoms with Gasteiger partial charge >= 0.3 is 0 Å². The second-order valence-electron chi connectivity index (χ2n) is 7.30. The van der Waals surface area contributed by atoms with Crippen LogP contribution in [0, 0.1) is 5.82 Å². The summed E-state index contributed by atoms with van der Waals surface area (Å²) in [5.41, 5.74) is 4.14. The Balaban J connectivity index is 1.23. The fourth-order valence-electron chi connectivity index (χ4n) is 3.98. The van der Waals surface area contributed by atoms with E-state index in [1.54, 1.807) is 23.8 Å². The van der Waals surface area contributed by atoms with Gasteiger partial charge in [0.05, 0.1) is 5.56 Å². The minimum absolute atomic E-state index is 0.225. The Morgan fingerprint density at radius 3 is 2.83 bits per heavy atom. The third kappa shape index (κ3) is 3.63. The summed E-state index contributed by atoms with van der Waals surface area (Å²) in [4.78, 5) is 22.2. The van der Waals surface area contributed by atoms with Crippen molar-refractivity contribution in [1.29, 1.82) is 0 Å². The van der Waals surface area contributed by atoms with Crippen LogP contribution in [0.3, 0.4) is 0 Å². The largest absolute Gasteiger partial charge is 0.361 e. The van der Waals surface area contributed by atoms with E-state index < -0.39 is 0 Å². The number of anilines is 2. The van der Waals surface area contributed by atoms with E-state index in [1.165, 1.54) is 23.0 Å². The number of carbonyl (C=O) groups excluding carboxylic acids is 1. The number of amides is 1. The predicted molar refractivity (Wildman–Crippen MR) is 115 cm³/mol. The van der Waals surface area contributed by atoms with Gasteiger partial charge in [0.15, 0.2) is 0 Å². The Labute approximate surface area is 176 Å². The molecule has 1 fully saturated rings. The van der Waals surface area contributed by atoms with E-state index in [4.69, 9.17) is 0 Å². The number of H-pyrrole nitrogens is 1. The molecule has 0 saturated carbocycles. The van der Waals surface area contributed by atoms with Crippen LogP contribution in [0.2, 0.25) is 0 Å². The van der Waals surface area contributed by atoms with E-state index in [0.29, 0.717) is 16.6 Å². The molecule has 152 valence electrons. The van der Waals surface area contributed by atoms with E-state index in [1.807, 2.05) is 18.3 Å². The first kappa shape index (κ1) is 18.7. The van der Waals surface area contributed by atoms with E-state index in [2.05, 4.69) is 30.4 Å². The first-order valence-corrected chi connectivity index (χ1v) is 10.6. The third-order valence-electron chi connectivity index (χ3n) is 5.53. The number of fused-ring (bicyclic) bond motifs is 1. The lowest BCUT2D eigenvalue weighted by Crippen LogP contribution is -2.33. The third-order valence-corrected chi connectivity index (χ3v) is 6.13. The molecule has 0 unspecified atom stereocenters. The van der Waals surface area contributed by atoms with Gasteiger partial charge in [0.1, 0.15) is 17.1 Å². The number of piperidine rings is 1. The molecule has 1 saturated heterocycles. The van der Waals surface area contributed by atoms with Crippen LogP contribution in [0.1, 0.15) is 34.7 Å². The minimum Gasteiger partial charge on any atom is -0.361 e. The van der Waals surface area contributed by atoms with Crippen LogP contribution in [-0.4, -0.2) is 39.2 Å². The molecular formula is C21H19FN6OS. The molecule has 5 rings (SSSR count). The summed E-state index contributed by atoms with van der Waals surface area (Å²) >= 11 is 1.27. The maximum Gasteiger partial charge on any atom is 0.259 e. The Morgan fingerprint density at radius 1 is 1.23 bits per heavy atom. The first-order chi connectivity index (χ1) is 14.7. The summed E-state index contributed by atoms with van der Waals surface area (Å²) in [5.74, 6) is 0.817. The smallest absolute Gasteiger partial charge is 0.259 e. The molecule has 0 spiro atoms. The molecule has 0 aliphatic carbocycles. The molecule has 9 heteroatoms. The molecule has 1 aromatic carbocycles. The SMILES string of the molecule is O=C(Nc1nncs1)c1ccc(N2CCC(c3c[nH]c4cc(F)ccc34)CC2)nc1. The highest BCUT2D eigenvalue weighted by Crippen LogP contribution is 2.34. The second-order valence-corrected chi connectivity index (χ2v) is 8.13. The Kier molecular flexibility index (Phi) is 4.88. The van der Waals surface area contributed by atoms with Crippen LogP contribution in [-0.2, 0) is 0 Å². The van der Waals surface area contributed by atoms with Crippen LogP contribution in [0.15, 0.2) is 48.2 Å². The fourth-order valence-corrected chi connectivity index (χ4v) is 4.42. The van der Waals surface area contributed by atoms with Crippen molar-refractivity contribution < 1.29 is 9.18 Å². The number of hydrogen-bond acceptors (Lipinski definition) is 6. The zero-order valence-electron chi connectivity index (χ0n) is 16.0. The topological polar surface area (TPSA) is 86.8 Å². The lowest BCUT2D eigenvalue weighted by Gasteiger charge is -2.32. The van der Waals surface area contributed by atoms with E-state index >= 15 is 0 Å². The maximum atomic E-state index is 13.4. The zero-order chi connectivity index (χ0) is 20.5. The summed E-state index contributed by atoms with van der Waals surface area (Å²) in [6, 6.07) is 8.57. The highest BCUT2D eigenvalue weighted by molar-refractivity contribution is 7.13. The number of hydrogen-bond donors (Lipinski definition) is 2. The lowest BCUT2D eigenvalue weighted by atomic mass is 9.89. The highest BCUT2D eigenvalue weighted by Gasteiger charge is 2.24. The Bertz CT molecular complexity index is 1170. The predicted octanol–water partition coefficient (Wildman–Crippen LogP) is 4.19. The van der Waals surface area contributed by atoms with Gasteiger partial charge in [0.2, 0.25) is 5.13 Å². The number of halogens is 1. The Hall–Kier alpha value is -3.33. The van der Waals surface area contributed by atoms with Gasteiger partial charge in [0.25, 0.3) is 5.91 Å². The molecule has 7 nitrogen and oxygen atoms in total. The summed E-state index contributed by atoms with van der Waals surface area (Å²) in [7, 11) is 0. The van der Waals surface area contributed by atoms with Gasteiger partial charge in [-0.2, -0.15) is 0 Å². The molecule has 1 aliphatic heterocycles. The zero-order valence-corrected chi connectivity index (χ0v) is 16.8. The van der Waals surface area contributed by atoms with E-state index in [-0.39, 0.29) is 11.7 Å². The van der Waals surface area contributed by atoms with E-state index in [9.17, 15) is 9.18 Å². The van der Waals surface area contributed by atoms with Gasteiger partial charge in [-0.25, -0.2) is 9.37 Å². The molecule has 4 aromatic rings. The average molecular weight is 422 g/mol. The van der Waals surface area contributed by atoms with Crippen molar-refractivity contribution in [2.45, 2.75) is 18.8 Å². The highest BCUT2D eigenvalue weighted by atomic mass is 32.1.